The fourth-order valence-electron chi connectivity index (χ4n) is 2.86. The van der Waals surface area contributed by atoms with Gasteiger partial charge in [-0.3, -0.25) is 9.59 Å². The number of carbonyl (C=O) groups excluding carboxylic acids is 2. The first-order chi connectivity index (χ1) is 14.5. The van der Waals surface area contributed by atoms with Crippen molar-refractivity contribution in [2.45, 2.75) is 25.0 Å². The van der Waals surface area contributed by atoms with Gasteiger partial charge in [0.25, 0.3) is 0 Å². The standard InChI is InChI=1S/C22H22FN3O2S2/c1-2-19(15-6-4-3-5-7-15)21(28)26-22-25-18(13-30-22)12-29-14-20(27)24-17-10-8-16(23)9-11-17/h3-11,13,19H,2,12,14H2,1H3,(H,24,27)(H,25,26,28). The molecule has 3 aromatic rings. The van der Waals surface area contributed by atoms with E-state index in [4.69, 9.17) is 0 Å². The topological polar surface area (TPSA) is 71.1 Å². The molecule has 1 heterocycles. The normalized spacial score (nSPS) is 11.7. The minimum Gasteiger partial charge on any atom is -0.325 e. The van der Waals surface area contributed by atoms with Crippen LogP contribution in [0.5, 0.6) is 0 Å². The van der Waals surface area contributed by atoms with Crippen molar-refractivity contribution in [2.24, 2.45) is 0 Å². The largest absolute Gasteiger partial charge is 0.325 e. The van der Waals surface area contributed by atoms with Gasteiger partial charge in [0.05, 0.1) is 17.4 Å². The summed E-state index contributed by atoms with van der Waals surface area (Å²) in [6.45, 7) is 1.98. The molecule has 0 saturated carbocycles. The van der Waals surface area contributed by atoms with Crippen LogP contribution in [-0.4, -0.2) is 22.6 Å². The first-order valence-corrected chi connectivity index (χ1v) is 11.5. The maximum Gasteiger partial charge on any atom is 0.234 e. The molecule has 1 unspecified atom stereocenters. The van der Waals surface area contributed by atoms with E-state index >= 15 is 0 Å². The Morgan fingerprint density at radius 3 is 2.53 bits per heavy atom. The van der Waals surface area contributed by atoms with Crippen LogP contribution < -0.4 is 10.6 Å². The Morgan fingerprint density at radius 2 is 1.83 bits per heavy atom. The zero-order valence-corrected chi connectivity index (χ0v) is 18.1. The molecule has 2 amide bonds. The SMILES string of the molecule is CCC(C(=O)Nc1nc(CSCC(=O)Nc2ccc(F)cc2)cs1)c1ccccc1. The smallest absolute Gasteiger partial charge is 0.234 e. The van der Waals surface area contributed by atoms with Gasteiger partial charge in [0.1, 0.15) is 5.82 Å². The summed E-state index contributed by atoms with van der Waals surface area (Å²) in [6.07, 6.45) is 0.701. The number of rotatable bonds is 9. The number of nitrogens with zero attached hydrogens (tertiary/aromatic N) is 1. The van der Waals surface area contributed by atoms with Gasteiger partial charge in [-0.15, -0.1) is 23.1 Å². The molecule has 1 atom stereocenters. The lowest BCUT2D eigenvalue weighted by atomic mass is 9.96. The molecule has 2 N–H and O–H groups in total. The van der Waals surface area contributed by atoms with Crippen molar-refractivity contribution in [2.75, 3.05) is 16.4 Å². The van der Waals surface area contributed by atoms with Crippen LogP contribution in [0.3, 0.4) is 0 Å². The second kappa shape index (κ2) is 10.9. The molecule has 0 saturated heterocycles. The Labute approximate surface area is 183 Å². The van der Waals surface area contributed by atoms with Crippen LogP contribution in [0.4, 0.5) is 15.2 Å². The third-order valence-corrected chi connectivity index (χ3v) is 6.09. The zero-order valence-electron chi connectivity index (χ0n) is 16.4. The van der Waals surface area contributed by atoms with E-state index in [0.29, 0.717) is 23.0 Å². The summed E-state index contributed by atoms with van der Waals surface area (Å²) in [7, 11) is 0. The van der Waals surface area contributed by atoms with Gasteiger partial charge in [-0.25, -0.2) is 9.37 Å². The number of hydrogen-bond acceptors (Lipinski definition) is 5. The van der Waals surface area contributed by atoms with Crippen LogP contribution >= 0.6 is 23.1 Å². The van der Waals surface area contributed by atoms with Crippen molar-refractivity contribution in [3.8, 4) is 0 Å². The number of thiazole rings is 1. The van der Waals surface area contributed by atoms with Gasteiger partial charge in [0.2, 0.25) is 11.8 Å². The third-order valence-electron chi connectivity index (χ3n) is 4.32. The van der Waals surface area contributed by atoms with Gasteiger partial charge in [0.15, 0.2) is 5.13 Å². The Kier molecular flexibility index (Phi) is 7.98. The number of thioether (sulfide) groups is 1. The lowest BCUT2D eigenvalue weighted by molar-refractivity contribution is -0.117. The van der Waals surface area contributed by atoms with Crippen LogP contribution in [0, 0.1) is 5.82 Å². The molecule has 30 heavy (non-hydrogen) atoms. The fraction of sp³-hybridized carbons (Fsp3) is 0.227. The van der Waals surface area contributed by atoms with Gasteiger partial charge in [-0.1, -0.05) is 37.3 Å². The molecule has 0 aliphatic rings. The summed E-state index contributed by atoms with van der Waals surface area (Å²) < 4.78 is 12.9. The van der Waals surface area contributed by atoms with E-state index in [1.807, 2.05) is 42.6 Å². The van der Waals surface area contributed by atoms with Crippen LogP contribution in [0.2, 0.25) is 0 Å². The van der Waals surface area contributed by atoms with Crippen molar-refractivity contribution in [1.82, 2.24) is 4.98 Å². The van der Waals surface area contributed by atoms with Crippen LogP contribution in [-0.2, 0) is 15.3 Å². The Morgan fingerprint density at radius 1 is 1.10 bits per heavy atom. The highest BCUT2D eigenvalue weighted by Crippen LogP contribution is 2.24. The molecule has 0 bridgehead atoms. The fourth-order valence-corrected chi connectivity index (χ4v) is 4.39. The summed E-state index contributed by atoms with van der Waals surface area (Å²) >= 11 is 2.79. The minimum atomic E-state index is -0.345. The van der Waals surface area contributed by atoms with E-state index in [9.17, 15) is 14.0 Å². The lowest BCUT2D eigenvalue weighted by Crippen LogP contribution is -2.20. The Balaban J connectivity index is 1.46. The monoisotopic (exact) mass is 443 g/mol. The molecule has 0 aliphatic carbocycles. The molecule has 0 radical (unpaired) electrons. The van der Waals surface area contributed by atoms with E-state index < -0.39 is 0 Å². The molecule has 1 aromatic heterocycles. The van der Waals surface area contributed by atoms with E-state index in [2.05, 4.69) is 15.6 Å². The predicted octanol–water partition coefficient (Wildman–Crippen LogP) is 5.29. The number of benzene rings is 2. The summed E-state index contributed by atoms with van der Waals surface area (Å²) in [5.74, 6) is 0.00702. The second-order valence-corrected chi connectivity index (χ2v) is 8.40. The summed E-state index contributed by atoms with van der Waals surface area (Å²) in [4.78, 5) is 29.0. The second-order valence-electron chi connectivity index (χ2n) is 6.55. The summed E-state index contributed by atoms with van der Waals surface area (Å²) in [5.41, 5.74) is 2.35. The molecule has 0 aliphatic heterocycles. The minimum absolute atomic E-state index is 0.0732. The van der Waals surface area contributed by atoms with E-state index in [1.54, 1.807) is 0 Å². The summed E-state index contributed by atoms with van der Waals surface area (Å²) in [6, 6.07) is 15.3. The Bertz CT molecular complexity index is 978. The van der Waals surface area contributed by atoms with Crippen molar-refractivity contribution in [3.63, 3.8) is 0 Å². The van der Waals surface area contributed by atoms with Crippen LogP contribution in [0.1, 0.15) is 30.5 Å². The van der Waals surface area contributed by atoms with Gasteiger partial charge in [0, 0.05) is 16.8 Å². The number of carbonyl (C=O) groups is 2. The number of amides is 2. The number of hydrogen-bond donors (Lipinski definition) is 2. The van der Waals surface area contributed by atoms with Crippen LogP contribution in [0.25, 0.3) is 0 Å². The van der Waals surface area contributed by atoms with Crippen molar-refractivity contribution < 1.29 is 14.0 Å². The predicted molar refractivity (Wildman–Crippen MR) is 121 cm³/mol. The molecular formula is C22H22FN3O2S2. The lowest BCUT2D eigenvalue weighted by Gasteiger charge is -2.14. The third kappa shape index (κ3) is 6.40. The highest BCUT2D eigenvalue weighted by molar-refractivity contribution is 7.99. The number of halogens is 1. The van der Waals surface area contributed by atoms with E-state index in [0.717, 1.165) is 11.3 Å². The van der Waals surface area contributed by atoms with Crippen molar-refractivity contribution >= 4 is 45.7 Å². The quantitative estimate of drug-likeness (QED) is 0.472. The summed E-state index contributed by atoms with van der Waals surface area (Å²) in [5, 5.41) is 8.05. The number of aromatic nitrogens is 1. The molecule has 0 spiro atoms. The van der Waals surface area contributed by atoms with Gasteiger partial charge in [-0.2, -0.15) is 0 Å². The zero-order chi connectivity index (χ0) is 21.3. The maximum absolute atomic E-state index is 12.9. The molecular weight excluding hydrogens is 421 g/mol. The average Bonchev–Trinajstić information content (AvgIpc) is 3.18. The molecule has 8 heteroatoms. The van der Waals surface area contributed by atoms with Gasteiger partial charge >= 0.3 is 0 Å². The molecule has 156 valence electrons. The van der Waals surface area contributed by atoms with Crippen LogP contribution in [0.15, 0.2) is 60.0 Å². The van der Waals surface area contributed by atoms with E-state index in [1.165, 1.54) is 47.4 Å². The molecule has 2 aromatic carbocycles. The van der Waals surface area contributed by atoms with Gasteiger partial charge in [-0.05, 0) is 36.2 Å². The van der Waals surface area contributed by atoms with Crippen molar-refractivity contribution in [1.29, 1.82) is 0 Å². The average molecular weight is 444 g/mol. The van der Waals surface area contributed by atoms with E-state index in [-0.39, 0.29) is 29.3 Å². The number of anilines is 2. The highest BCUT2D eigenvalue weighted by atomic mass is 32.2. The molecule has 5 nitrogen and oxygen atoms in total. The molecule has 0 fully saturated rings. The first kappa shape index (κ1) is 22.0. The van der Waals surface area contributed by atoms with Gasteiger partial charge < -0.3 is 10.6 Å². The molecule has 3 rings (SSSR count). The maximum atomic E-state index is 12.9. The Hall–Kier alpha value is -2.71. The first-order valence-electron chi connectivity index (χ1n) is 9.48. The van der Waals surface area contributed by atoms with Crippen molar-refractivity contribution in [3.05, 3.63) is 77.1 Å². The number of nitrogens with one attached hydrogen (secondary N) is 2. The highest BCUT2D eigenvalue weighted by Gasteiger charge is 2.19.